The molecule has 0 saturated carbocycles. The number of anilines is 1. The van der Waals surface area contributed by atoms with Crippen molar-refractivity contribution < 1.29 is 4.39 Å². The highest BCUT2D eigenvalue weighted by molar-refractivity contribution is 5.55. The van der Waals surface area contributed by atoms with Crippen molar-refractivity contribution in [1.82, 2.24) is 5.32 Å². The molecule has 0 amide bonds. The number of hydrogen-bond donors (Lipinski definition) is 1. The van der Waals surface area contributed by atoms with Gasteiger partial charge < -0.3 is 10.2 Å². The third-order valence-corrected chi connectivity index (χ3v) is 3.71. The first-order chi connectivity index (χ1) is 9.08. The Balaban J connectivity index is 2.11. The topological polar surface area (TPSA) is 15.3 Å². The Morgan fingerprint density at radius 1 is 1.42 bits per heavy atom. The van der Waals surface area contributed by atoms with Crippen molar-refractivity contribution in [3.8, 4) is 0 Å². The molecule has 1 aromatic carbocycles. The molecule has 1 atom stereocenters. The van der Waals surface area contributed by atoms with E-state index in [0.717, 1.165) is 30.9 Å². The predicted octanol–water partition coefficient (Wildman–Crippen LogP) is 3.42. The third-order valence-electron chi connectivity index (χ3n) is 3.71. The van der Waals surface area contributed by atoms with E-state index in [1.807, 2.05) is 12.1 Å². The first-order valence-corrected chi connectivity index (χ1v) is 7.31. The molecule has 1 aliphatic rings. The molecule has 1 saturated heterocycles. The number of benzene rings is 1. The molecule has 0 spiro atoms. The van der Waals surface area contributed by atoms with Crippen molar-refractivity contribution in [2.75, 3.05) is 24.5 Å². The highest BCUT2D eigenvalue weighted by atomic mass is 19.1. The summed E-state index contributed by atoms with van der Waals surface area (Å²) in [4.78, 5) is 2.32. The minimum atomic E-state index is -0.0895. The summed E-state index contributed by atoms with van der Waals surface area (Å²) in [5.74, 6) is 1.20. The second kappa shape index (κ2) is 6.38. The normalized spacial score (nSPS) is 19.4. The van der Waals surface area contributed by atoms with Crippen LogP contribution in [0, 0.1) is 17.7 Å². The Morgan fingerprint density at radius 3 is 2.84 bits per heavy atom. The van der Waals surface area contributed by atoms with Gasteiger partial charge in [-0.25, -0.2) is 4.39 Å². The molecule has 1 fully saturated rings. The van der Waals surface area contributed by atoms with E-state index in [2.05, 4.69) is 31.0 Å². The van der Waals surface area contributed by atoms with Crippen LogP contribution in [0.15, 0.2) is 18.2 Å². The van der Waals surface area contributed by atoms with Crippen LogP contribution in [0.3, 0.4) is 0 Å². The standard InChI is InChI=1S/C16H25FN2/c1-12(2)9-18-10-14-15(17)5-4-6-16(14)19-8-7-13(3)11-19/h4-6,12-13,18H,7-11H2,1-3H3. The van der Waals surface area contributed by atoms with Crippen LogP contribution in [0.25, 0.3) is 0 Å². The first-order valence-electron chi connectivity index (χ1n) is 7.31. The summed E-state index contributed by atoms with van der Waals surface area (Å²) >= 11 is 0. The Bertz CT molecular complexity index is 417. The summed E-state index contributed by atoms with van der Waals surface area (Å²) in [6, 6.07) is 5.43. The van der Waals surface area contributed by atoms with Gasteiger partial charge in [-0.3, -0.25) is 0 Å². The van der Waals surface area contributed by atoms with Crippen molar-refractivity contribution >= 4 is 5.69 Å². The van der Waals surface area contributed by atoms with Crippen LogP contribution in [0.4, 0.5) is 10.1 Å². The van der Waals surface area contributed by atoms with Gasteiger partial charge in [0.2, 0.25) is 0 Å². The Kier molecular flexibility index (Phi) is 4.81. The summed E-state index contributed by atoms with van der Waals surface area (Å²) in [5.41, 5.74) is 1.89. The van der Waals surface area contributed by atoms with Gasteiger partial charge in [0.15, 0.2) is 0 Å². The highest BCUT2D eigenvalue weighted by Gasteiger charge is 2.22. The molecular weight excluding hydrogens is 239 g/mol. The molecule has 1 heterocycles. The number of nitrogens with one attached hydrogen (secondary N) is 1. The molecule has 0 aromatic heterocycles. The number of rotatable bonds is 5. The highest BCUT2D eigenvalue weighted by Crippen LogP contribution is 2.28. The first kappa shape index (κ1) is 14.3. The van der Waals surface area contributed by atoms with E-state index in [9.17, 15) is 4.39 Å². The molecule has 0 bridgehead atoms. The monoisotopic (exact) mass is 264 g/mol. The van der Waals surface area contributed by atoms with E-state index in [1.165, 1.54) is 6.42 Å². The van der Waals surface area contributed by atoms with Crippen LogP contribution in [0.5, 0.6) is 0 Å². The Labute approximate surface area is 116 Å². The quantitative estimate of drug-likeness (QED) is 0.876. The SMILES string of the molecule is CC(C)CNCc1c(F)cccc1N1CCC(C)C1. The minimum Gasteiger partial charge on any atom is -0.371 e. The van der Waals surface area contributed by atoms with Crippen LogP contribution in [-0.2, 0) is 6.54 Å². The summed E-state index contributed by atoms with van der Waals surface area (Å²) in [7, 11) is 0. The van der Waals surface area contributed by atoms with Gasteiger partial charge in [-0.15, -0.1) is 0 Å². The van der Waals surface area contributed by atoms with E-state index in [-0.39, 0.29) is 5.82 Å². The van der Waals surface area contributed by atoms with Crippen LogP contribution < -0.4 is 10.2 Å². The van der Waals surface area contributed by atoms with Gasteiger partial charge in [0.05, 0.1) is 0 Å². The molecule has 1 aliphatic heterocycles. The van der Waals surface area contributed by atoms with Crippen molar-refractivity contribution in [2.45, 2.75) is 33.7 Å². The van der Waals surface area contributed by atoms with Gasteiger partial charge in [-0.1, -0.05) is 26.8 Å². The minimum absolute atomic E-state index is 0.0895. The third kappa shape index (κ3) is 3.69. The van der Waals surface area contributed by atoms with Crippen molar-refractivity contribution in [2.24, 2.45) is 11.8 Å². The maximum Gasteiger partial charge on any atom is 0.129 e. The largest absolute Gasteiger partial charge is 0.371 e. The average molecular weight is 264 g/mol. The number of halogens is 1. The molecule has 0 aliphatic carbocycles. The lowest BCUT2D eigenvalue weighted by molar-refractivity contribution is 0.534. The van der Waals surface area contributed by atoms with Gasteiger partial charge in [0.25, 0.3) is 0 Å². The Morgan fingerprint density at radius 2 is 2.21 bits per heavy atom. The lowest BCUT2D eigenvalue weighted by atomic mass is 10.1. The van der Waals surface area contributed by atoms with Crippen LogP contribution in [-0.4, -0.2) is 19.6 Å². The van der Waals surface area contributed by atoms with Gasteiger partial charge in [0, 0.05) is 30.9 Å². The molecule has 1 aromatic rings. The Hall–Kier alpha value is -1.09. The summed E-state index contributed by atoms with van der Waals surface area (Å²) in [5, 5.41) is 3.35. The molecule has 3 heteroatoms. The van der Waals surface area contributed by atoms with Gasteiger partial charge in [-0.05, 0) is 36.9 Å². The fraction of sp³-hybridized carbons (Fsp3) is 0.625. The molecule has 19 heavy (non-hydrogen) atoms. The van der Waals surface area contributed by atoms with E-state index in [1.54, 1.807) is 6.07 Å². The lowest BCUT2D eigenvalue weighted by Crippen LogP contribution is -2.25. The zero-order valence-electron chi connectivity index (χ0n) is 12.2. The molecule has 1 N–H and O–H groups in total. The summed E-state index contributed by atoms with van der Waals surface area (Å²) in [6.45, 7) is 10.2. The van der Waals surface area contributed by atoms with Crippen molar-refractivity contribution in [3.63, 3.8) is 0 Å². The summed E-state index contributed by atoms with van der Waals surface area (Å²) < 4.78 is 14.1. The van der Waals surface area contributed by atoms with E-state index in [0.29, 0.717) is 18.4 Å². The number of hydrogen-bond acceptors (Lipinski definition) is 2. The lowest BCUT2D eigenvalue weighted by Gasteiger charge is -2.22. The van der Waals surface area contributed by atoms with Gasteiger partial charge in [0.1, 0.15) is 5.82 Å². The molecule has 2 nitrogen and oxygen atoms in total. The second-order valence-corrected chi connectivity index (χ2v) is 6.10. The smallest absolute Gasteiger partial charge is 0.129 e. The van der Waals surface area contributed by atoms with Crippen LogP contribution >= 0.6 is 0 Å². The second-order valence-electron chi connectivity index (χ2n) is 6.10. The number of nitrogens with zero attached hydrogens (tertiary/aromatic N) is 1. The van der Waals surface area contributed by atoms with Crippen molar-refractivity contribution in [1.29, 1.82) is 0 Å². The van der Waals surface area contributed by atoms with Crippen LogP contribution in [0.2, 0.25) is 0 Å². The van der Waals surface area contributed by atoms with E-state index < -0.39 is 0 Å². The zero-order valence-corrected chi connectivity index (χ0v) is 12.2. The van der Waals surface area contributed by atoms with Crippen molar-refractivity contribution in [3.05, 3.63) is 29.6 Å². The fourth-order valence-corrected chi connectivity index (χ4v) is 2.66. The molecule has 2 rings (SSSR count). The predicted molar refractivity (Wildman–Crippen MR) is 78.9 cm³/mol. The van der Waals surface area contributed by atoms with Gasteiger partial charge in [-0.2, -0.15) is 0 Å². The molecule has 0 radical (unpaired) electrons. The molecule has 106 valence electrons. The van der Waals surface area contributed by atoms with E-state index >= 15 is 0 Å². The van der Waals surface area contributed by atoms with Crippen LogP contribution in [0.1, 0.15) is 32.8 Å². The van der Waals surface area contributed by atoms with Gasteiger partial charge >= 0.3 is 0 Å². The summed E-state index contributed by atoms with van der Waals surface area (Å²) in [6.07, 6.45) is 1.20. The maximum atomic E-state index is 14.1. The molecule has 1 unspecified atom stereocenters. The molecular formula is C16H25FN2. The average Bonchev–Trinajstić information content (AvgIpc) is 2.77. The zero-order chi connectivity index (χ0) is 13.8. The van der Waals surface area contributed by atoms with E-state index in [4.69, 9.17) is 0 Å². The maximum absolute atomic E-state index is 14.1. The fourth-order valence-electron chi connectivity index (χ4n) is 2.66.